The molecule has 0 radical (unpaired) electrons. The summed E-state index contributed by atoms with van der Waals surface area (Å²) in [5.41, 5.74) is -0.0935. The van der Waals surface area contributed by atoms with Gasteiger partial charge in [0.05, 0.1) is 23.9 Å². The number of esters is 1. The summed E-state index contributed by atoms with van der Waals surface area (Å²) >= 11 is 0. The third-order valence-corrected chi connectivity index (χ3v) is 6.33. The van der Waals surface area contributed by atoms with Crippen molar-refractivity contribution in [2.75, 3.05) is 37.5 Å². The molecule has 0 atom stereocenters. The predicted octanol–water partition coefficient (Wildman–Crippen LogP) is 4.65. The molecule has 0 spiro atoms. The highest BCUT2D eigenvalue weighted by atomic mass is 19.4. The Kier molecular flexibility index (Phi) is 7.46. The molecule has 1 aliphatic rings. The molecular formula is C25H26F4N6O2. The van der Waals surface area contributed by atoms with Gasteiger partial charge in [-0.2, -0.15) is 13.2 Å². The zero-order valence-corrected chi connectivity index (χ0v) is 20.5. The molecule has 1 N–H and O–H groups in total. The third-order valence-electron chi connectivity index (χ3n) is 6.33. The molecule has 4 rings (SSSR count). The van der Waals surface area contributed by atoms with Crippen molar-refractivity contribution < 1.29 is 27.1 Å². The molecule has 0 unspecified atom stereocenters. The zero-order chi connectivity index (χ0) is 26.7. The number of alkyl halides is 3. The van der Waals surface area contributed by atoms with Crippen molar-refractivity contribution in [3.8, 4) is 11.3 Å². The Balaban J connectivity index is 1.54. The number of imidazole rings is 1. The Bertz CT molecular complexity index is 1310. The summed E-state index contributed by atoms with van der Waals surface area (Å²) in [5.74, 6) is 0.244. The molecule has 37 heavy (non-hydrogen) atoms. The van der Waals surface area contributed by atoms with Crippen molar-refractivity contribution in [2.24, 2.45) is 7.05 Å². The minimum Gasteiger partial charge on any atom is -0.466 e. The Morgan fingerprint density at radius 1 is 1.22 bits per heavy atom. The van der Waals surface area contributed by atoms with Gasteiger partial charge in [-0.15, -0.1) is 0 Å². The number of aryl methyl sites for hydroxylation is 1. The number of hydrogen-bond acceptors (Lipinski definition) is 7. The van der Waals surface area contributed by atoms with E-state index in [0.717, 1.165) is 30.8 Å². The SMILES string of the molecule is CNc1ncnc(N2CCC(c3nc(-c4ccc(F)c(C(F)(F)F)c4)cn3C)CC2)c1/C=C/C(=O)OC. The van der Waals surface area contributed by atoms with Crippen LogP contribution in [0, 0.1) is 5.82 Å². The zero-order valence-electron chi connectivity index (χ0n) is 20.5. The molecule has 12 heteroatoms. The number of halogens is 4. The van der Waals surface area contributed by atoms with E-state index in [0.29, 0.717) is 36.0 Å². The van der Waals surface area contributed by atoms with Crippen molar-refractivity contribution in [3.63, 3.8) is 0 Å². The molecule has 1 aromatic carbocycles. The molecule has 3 heterocycles. The fourth-order valence-corrected chi connectivity index (χ4v) is 4.46. The maximum atomic E-state index is 13.7. The van der Waals surface area contributed by atoms with Crippen LogP contribution in [0.2, 0.25) is 0 Å². The van der Waals surface area contributed by atoms with E-state index in [9.17, 15) is 22.4 Å². The van der Waals surface area contributed by atoms with Gasteiger partial charge < -0.3 is 19.5 Å². The Labute approximate surface area is 211 Å². The quantitative estimate of drug-likeness (QED) is 0.289. The summed E-state index contributed by atoms with van der Waals surface area (Å²) in [6.45, 7) is 1.28. The van der Waals surface area contributed by atoms with Gasteiger partial charge >= 0.3 is 12.1 Å². The number of carbonyl (C=O) groups is 1. The number of hydrogen-bond donors (Lipinski definition) is 1. The number of nitrogens with one attached hydrogen (secondary N) is 1. The lowest BCUT2D eigenvalue weighted by molar-refractivity contribution is -0.140. The summed E-state index contributed by atoms with van der Waals surface area (Å²) in [6, 6.07) is 2.91. The van der Waals surface area contributed by atoms with Crippen LogP contribution < -0.4 is 10.2 Å². The monoisotopic (exact) mass is 518 g/mol. The van der Waals surface area contributed by atoms with Gasteiger partial charge in [-0.25, -0.2) is 24.1 Å². The smallest absolute Gasteiger partial charge is 0.419 e. The normalized spacial score (nSPS) is 14.8. The van der Waals surface area contributed by atoms with Gasteiger partial charge in [-0.05, 0) is 37.1 Å². The summed E-state index contributed by atoms with van der Waals surface area (Å²) in [4.78, 5) is 27.0. The van der Waals surface area contributed by atoms with Gasteiger partial charge in [0.1, 0.15) is 29.6 Å². The van der Waals surface area contributed by atoms with E-state index in [4.69, 9.17) is 0 Å². The predicted molar refractivity (Wildman–Crippen MR) is 130 cm³/mol. The first-order valence-electron chi connectivity index (χ1n) is 11.6. The number of benzene rings is 1. The second-order valence-corrected chi connectivity index (χ2v) is 8.62. The molecule has 8 nitrogen and oxygen atoms in total. The number of nitrogens with zero attached hydrogens (tertiary/aromatic N) is 5. The lowest BCUT2D eigenvalue weighted by atomic mass is 9.95. The minimum absolute atomic E-state index is 0.0669. The Morgan fingerprint density at radius 2 is 1.95 bits per heavy atom. The van der Waals surface area contributed by atoms with Gasteiger partial charge in [0.25, 0.3) is 0 Å². The minimum atomic E-state index is -4.79. The van der Waals surface area contributed by atoms with E-state index in [1.807, 2.05) is 0 Å². The van der Waals surface area contributed by atoms with Gasteiger partial charge in [-0.3, -0.25) is 0 Å². The summed E-state index contributed by atoms with van der Waals surface area (Å²) in [6.07, 6.45) is 2.69. The lowest BCUT2D eigenvalue weighted by Crippen LogP contribution is -2.34. The van der Waals surface area contributed by atoms with E-state index in [1.165, 1.54) is 25.6 Å². The van der Waals surface area contributed by atoms with Crippen LogP contribution in [0.25, 0.3) is 17.3 Å². The van der Waals surface area contributed by atoms with E-state index < -0.39 is 23.5 Å². The average Bonchev–Trinajstić information content (AvgIpc) is 3.28. The highest BCUT2D eigenvalue weighted by molar-refractivity contribution is 5.89. The number of methoxy groups -OCH3 is 1. The highest BCUT2D eigenvalue weighted by Gasteiger charge is 2.34. The maximum absolute atomic E-state index is 13.7. The van der Waals surface area contributed by atoms with Crippen LogP contribution in [0.15, 0.2) is 36.8 Å². The van der Waals surface area contributed by atoms with Crippen LogP contribution in [-0.2, 0) is 22.8 Å². The topological polar surface area (TPSA) is 85.2 Å². The average molecular weight is 519 g/mol. The molecule has 2 aromatic heterocycles. The molecule has 1 aliphatic heterocycles. The van der Waals surface area contributed by atoms with Crippen molar-refractivity contribution >= 4 is 23.7 Å². The van der Waals surface area contributed by atoms with Crippen LogP contribution in [0.4, 0.5) is 29.2 Å². The molecule has 1 fully saturated rings. The van der Waals surface area contributed by atoms with Crippen LogP contribution in [-0.4, -0.2) is 52.7 Å². The first-order valence-corrected chi connectivity index (χ1v) is 11.6. The first kappa shape index (κ1) is 26.1. The number of aromatic nitrogens is 4. The Hall–Kier alpha value is -3.96. The summed E-state index contributed by atoms with van der Waals surface area (Å²) < 4.78 is 59.7. The van der Waals surface area contributed by atoms with Crippen LogP contribution in [0.1, 0.15) is 35.7 Å². The number of carbonyl (C=O) groups excluding carboxylic acids is 1. The maximum Gasteiger partial charge on any atom is 0.419 e. The van der Waals surface area contributed by atoms with Gasteiger partial charge in [0.2, 0.25) is 0 Å². The third kappa shape index (κ3) is 5.57. The van der Waals surface area contributed by atoms with E-state index in [1.54, 1.807) is 30.9 Å². The van der Waals surface area contributed by atoms with Gasteiger partial charge in [0.15, 0.2) is 0 Å². The van der Waals surface area contributed by atoms with Crippen molar-refractivity contribution in [1.29, 1.82) is 0 Å². The number of ether oxygens (including phenoxy) is 1. The highest BCUT2D eigenvalue weighted by Crippen LogP contribution is 2.36. The van der Waals surface area contributed by atoms with Crippen LogP contribution >= 0.6 is 0 Å². The number of anilines is 2. The van der Waals surface area contributed by atoms with E-state index >= 15 is 0 Å². The second-order valence-electron chi connectivity index (χ2n) is 8.62. The largest absolute Gasteiger partial charge is 0.466 e. The molecule has 0 amide bonds. The van der Waals surface area contributed by atoms with Crippen molar-refractivity contribution in [2.45, 2.75) is 24.9 Å². The second kappa shape index (κ2) is 10.6. The molecule has 3 aromatic rings. The molecular weight excluding hydrogens is 492 g/mol. The number of piperidine rings is 1. The molecule has 1 saturated heterocycles. The Morgan fingerprint density at radius 3 is 2.59 bits per heavy atom. The first-order chi connectivity index (χ1) is 17.6. The van der Waals surface area contributed by atoms with E-state index in [-0.39, 0.29) is 11.5 Å². The number of rotatable bonds is 6. The summed E-state index contributed by atoms with van der Waals surface area (Å²) in [7, 11) is 4.82. The molecule has 0 saturated carbocycles. The fraction of sp³-hybridized carbons (Fsp3) is 0.360. The standard InChI is InChI=1S/C25H26F4N6O2/c1-30-22-17(5-7-21(36)37-3)24(32-14-31-22)35-10-8-15(9-11-35)23-33-20(13-34(23)2)16-4-6-19(26)18(12-16)25(27,28)29/h4-7,12-15H,8-11H2,1-3H3,(H,30,31,32)/b7-5+. The van der Waals surface area contributed by atoms with Gasteiger partial charge in [0, 0.05) is 50.9 Å². The van der Waals surface area contributed by atoms with Crippen LogP contribution in [0.3, 0.4) is 0 Å². The van der Waals surface area contributed by atoms with Crippen molar-refractivity contribution in [3.05, 3.63) is 59.6 Å². The molecule has 0 aliphatic carbocycles. The fourth-order valence-electron chi connectivity index (χ4n) is 4.46. The summed E-state index contributed by atoms with van der Waals surface area (Å²) in [5, 5.41) is 3.01. The molecule has 196 valence electrons. The lowest BCUT2D eigenvalue weighted by Gasteiger charge is -2.33. The van der Waals surface area contributed by atoms with E-state index in [2.05, 4.69) is 29.9 Å². The van der Waals surface area contributed by atoms with Gasteiger partial charge in [-0.1, -0.05) is 0 Å². The van der Waals surface area contributed by atoms with Crippen LogP contribution in [0.5, 0.6) is 0 Å². The van der Waals surface area contributed by atoms with Crippen molar-refractivity contribution in [1.82, 2.24) is 19.5 Å². The molecule has 0 bridgehead atoms.